The molecule has 0 amide bonds. The Bertz CT molecular complexity index is 1020. The van der Waals surface area contributed by atoms with Crippen molar-refractivity contribution in [1.29, 1.82) is 0 Å². The monoisotopic (exact) mass is 292 g/mol. The Hall–Kier alpha value is -2.75. The van der Waals surface area contributed by atoms with Crippen molar-refractivity contribution in [2.24, 2.45) is 7.05 Å². The fraction of sp³-hybridized carbons (Fsp3) is 0.167. The van der Waals surface area contributed by atoms with Gasteiger partial charge in [-0.05, 0) is 25.1 Å². The van der Waals surface area contributed by atoms with Crippen LogP contribution < -0.4 is 0 Å². The highest BCUT2D eigenvalue weighted by atomic mass is 16.5. The molecule has 0 unspecified atom stereocenters. The fourth-order valence-electron chi connectivity index (χ4n) is 3.24. The van der Waals surface area contributed by atoms with Crippen molar-refractivity contribution in [2.75, 3.05) is 6.61 Å². The lowest BCUT2D eigenvalue weighted by atomic mass is 10.1. The van der Waals surface area contributed by atoms with Crippen molar-refractivity contribution in [3.05, 3.63) is 54.1 Å². The van der Waals surface area contributed by atoms with E-state index >= 15 is 0 Å². The number of esters is 1. The molecule has 4 aromatic rings. The normalized spacial score (nSPS) is 11.5. The first-order valence-corrected chi connectivity index (χ1v) is 7.37. The number of hydrogen-bond acceptors (Lipinski definition) is 2. The summed E-state index contributed by atoms with van der Waals surface area (Å²) in [7, 11) is 1.99. The summed E-state index contributed by atoms with van der Waals surface area (Å²) in [5, 5.41) is 0.928. The number of nitrogens with zero attached hydrogens (tertiary/aromatic N) is 2. The van der Waals surface area contributed by atoms with Crippen molar-refractivity contribution in [2.45, 2.75) is 6.92 Å². The van der Waals surface area contributed by atoms with Crippen LogP contribution in [0.15, 0.2) is 48.5 Å². The number of benzene rings is 2. The van der Waals surface area contributed by atoms with Crippen molar-refractivity contribution in [1.82, 2.24) is 8.97 Å². The summed E-state index contributed by atoms with van der Waals surface area (Å²) in [6.45, 7) is 2.20. The smallest absolute Gasteiger partial charge is 0.342 e. The molecular weight excluding hydrogens is 276 g/mol. The highest BCUT2D eigenvalue weighted by Gasteiger charge is 2.23. The minimum Gasteiger partial charge on any atom is -0.462 e. The summed E-state index contributed by atoms with van der Waals surface area (Å²) in [5.41, 5.74) is 4.72. The number of aryl methyl sites for hydroxylation is 1. The lowest BCUT2D eigenvalue weighted by Gasteiger charge is -2.02. The third-order valence-corrected chi connectivity index (χ3v) is 4.13. The predicted octanol–water partition coefficient (Wildman–Crippen LogP) is 3.76. The van der Waals surface area contributed by atoms with Gasteiger partial charge in [0, 0.05) is 12.4 Å². The number of para-hydroxylation sites is 3. The van der Waals surface area contributed by atoms with E-state index in [-0.39, 0.29) is 5.97 Å². The van der Waals surface area contributed by atoms with Gasteiger partial charge in [0.05, 0.1) is 23.2 Å². The number of imidazole rings is 1. The molecule has 0 fully saturated rings. The number of aromatic nitrogens is 2. The van der Waals surface area contributed by atoms with Crippen LogP contribution in [0.3, 0.4) is 0 Å². The van der Waals surface area contributed by atoms with E-state index in [0.29, 0.717) is 12.2 Å². The summed E-state index contributed by atoms with van der Waals surface area (Å²) >= 11 is 0. The van der Waals surface area contributed by atoms with Gasteiger partial charge in [-0.3, -0.25) is 4.40 Å². The molecule has 4 rings (SSSR count). The maximum atomic E-state index is 12.5. The van der Waals surface area contributed by atoms with E-state index in [1.807, 2.05) is 50.4 Å². The van der Waals surface area contributed by atoms with E-state index in [2.05, 4.69) is 21.1 Å². The Morgan fingerprint density at radius 1 is 1.00 bits per heavy atom. The lowest BCUT2D eigenvalue weighted by molar-refractivity contribution is 0.0530. The van der Waals surface area contributed by atoms with Crippen molar-refractivity contribution in [3.8, 4) is 0 Å². The topological polar surface area (TPSA) is 35.6 Å². The second kappa shape index (κ2) is 4.63. The van der Waals surface area contributed by atoms with Gasteiger partial charge in [-0.2, -0.15) is 0 Å². The minimum absolute atomic E-state index is 0.271. The molecule has 4 heteroatoms. The number of carbonyl (C=O) groups excluding carboxylic acids is 1. The second-order valence-electron chi connectivity index (χ2n) is 5.32. The van der Waals surface area contributed by atoms with Crippen LogP contribution in [0.2, 0.25) is 0 Å². The molecular formula is C18H16N2O2. The fourth-order valence-corrected chi connectivity index (χ4v) is 3.24. The summed E-state index contributed by atoms with van der Waals surface area (Å²) in [6.07, 6.45) is 0. The van der Waals surface area contributed by atoms with Gasteiger partial charge in [0.2, 0.25) is 0 Å². The standard InChI is InChI=1S/C18H16N2O2/c1-3-22-18(21)16-12-8-4-5-9-13(12)20-15-11-7-6-10-14(15)19(2)17(16)20/h4-11H,3H2,1-2H3. The molecule has 0 saturated heterocycles. The van der Waals surface area contributed by atoms with Gasteiger partial charge in [-0.1, -0.05) is 30.3 Å². The van der Waals surface area contributed by atoms with Crippen LogP contribution in [-0.2, 0) is 11.8 Å². The summed E-state index contributed by atoms with van der Waals surface area (Å²) in [4.78, 5) is 12.5. The maximum absolute atomic E-state index is 12.5. The molecule has 0 bridgehead atoms. The van der Waals surface area contributed by atoms with Gasteiger partial charge >= 0.3 is 5.97 Å². The van der Waals surface area contributed by atoms with E-state index in [1.54, 1.807) is 0 Å². The summed E-state index contributed by atoms with van der Waals surface area (Å²) in [5.74, 6) is -0.271. The first kappa shape index (κ1) is 13.0. The van der Waals surface area contributed by atoms with Gasteiger partial charge in [0.15, 0.2) is 0 Å². The van der Waals surface area contributed by atoms with Gasteiger partial charge in [0.1, 0.15) is 11.2 Å². The number of fused-ring (bicyclic) bond motifs is 5. The third-order valence-electron chi connectivity index (χ3n) is 4.13. The third kappa shape index (κ3) is 1.55. The molecule has 0 atom stereocenters. The van der Waals surface area contributed by atoms with Crippen molar-refractivity contribution in [3.63, 3.8) is 0 Å². The molecule has 0 aliphatic carbocycles. The van der Waals surface area contributed by atoms with E-state index in [4.69, 9.17) is 4.74 Å². The summed E-state index contributed by atoms with van der Waals surface area (Å²) in [6, 6.07) is 16.1. The van der Waals surface area contributed by atoms with Crippen LogP contribution in [-0.4, -0.2) is 21.5 Å². The summed E-state index contributed by atoms with van der Waals surface area (Å²) < 4.78 is 9.48. The molecule has 22 heavy (non-hydrogen) atoms. The van der Waals surface area contributed by atoms with Gasteiger partial charge in [-0.15, -0.1) is 0 Å². The van der Waals surface area contributed by atoms with Crippen molar-refractivity contribution >= 4 is 33.6 Å². The average molecular weight is 292 g/mol. The van der Waals surface area contributed by atoms with Crippen LogP contribution in [0.25, 0.3) is 27.6 Å². The van der Waals surface area contributed by atoms with Gasteiger partial charge < -0.3 is 9.30 Å². The molecule has 0 radical (unpaired) electrons. The highest BCUT2D eigenvalue weighted by Crippen LogP contribution is 2.32. The Morgan fingerprint density at radius 2 is 1.64 bits per heavy atom. The molecule has 0 aliphatic heterocycles. The number of carbonyl (C=O) groups is 1. The van der Waals surface area contributed by atoms with Crippen molar-refractivity contribution < 1.29 is 9.53 Å². The number of rotatable bonds is 2. The zero-order valence-corrected chi connectivity index (χ0v) is 12.5. The molecule has 4 nitrogen and oxygen atoms in total. The molecule has 0 spiro atoms. The van der Waals surface area contributed by atoms with Crippen LogP contribution in [0.5, 0.6) is 0 Å². The van der Waals surface area contributed by atoms with Crippen LogP contribution >= 0.6 is 0 Å². The molecule has 2 aromatic carbocycles. The predicted molar refractivity (Wildman–Crippen MR) is 87.3 cm³/mol. The number of hydrogen-bond donors (Lipinski definition) is 0. The lowest BCUT2D eigenvalue weighted by Crippen LogP contribution is -2.06. The van der Waals surface area contributed by atoms with E-state index in [9.17, 15) is 4.79 Å². The molecule has 110 valence electrons. The van der Waals surface area contributed by atoms with E-state index in [1.165, 1.54) is 0 Å². The Kier molecular flexibility index (Phi) is 2.73. The van der Waals surface area contributed by atoms with Crippen LogP contribution in [0.4, 0.5) is 0 Å². The Balaban J connectivity index is 2.27. The zero-order chi connectivity index (χ0) is 15.3. The quantitative estimate of drug-likeness (QED) is 0.527. The SMILES string of the molecule is CCOC(=O)c1c2ccccc2n2c3ccccc3n(C)c12. The Labute approximate surface area is 127 Å². The second-order valence-corrected chi connectivity index (χ2v) is 5.32. The molecule has 0 aliphatic rings. The van der Waals surface area contributed by atoms with E-state index in [0.717, 1.165) is 27.6 Å². The largest absolute Gasteiger partial charge is 0.462 e. The molecule has 0 saturated carbocycles. The van der Waals surface area contributed by atoms with Gasteiger partial charge in [-0.25, -0.2) is 4.79 Å². The van der Waals surface area contributed by atoms with E-state index < -0.39 is 0 Å². The minimum atomic E-state index is -0.271. The zero-order valence-electron chi connectivity index (χ0n) is 12.5. The maximum Gasteiger partial charge on any atom is 0.342 e. The first-order chi connectivity index (χ1) is 10.7. The Morgan fingerprint density at radius 3 is 2.36 bits per heavy atom. The molecule has 0 N–H and O–H groups in total. The van der Waals surface area contributed by atoms with Gasteiger partial charge in [0.25, 0.3) is 0 Å². The highest BCUT2D eigenvalue weighted by molar-refractivity contribution is 6.13. The molecule has 2 aromatic heterocycles. The van der Waals surface area contributed by atoms with Crippen LogP contribution in [0, 0.1) is 0 Å². The molecule has 2 heterocycles. The average Bonchev–Trinajstić information content (AvgIpc) is 3.02. The first-order valence-electron chi connectivity index (χ1n) is 7.37. The number of ether oxygens (including phenoxy) is 1. The van der Waals surface area contributed by atoms with Crippen LogP contribution in [0.1, 0.15) is 17.3 Å².